The van der Waals surface area contributed by atoms with Crippen molar-refractivity contribution in [2.45, 2.75) is 69.9 Å². The number of nitrogens with two attached hydrogens (primary N) is 1. The van der Waals surface area contributed by atoms with Gasteiger partial charge in [-0.05, 0) is 44.4 Å². The Morgan fingerprint density at radius 2 is 1.71 bits per heavy atom. The van der Waals surface area contributed by atoms with Crippen LogP contribution in [-0.2, 0) is 4.74 Å². The number of hydrogen-bond acceptors (Lipinski definition) is 3. The molecule has 0 unspecified atom stereocenters. The topological polar surface area (TPSA) is 54.1 Å². The molecule has 5 heteroatoms. The zero-order valence-corrected chi connectivity index (χ0v) is 15.7. The highest BCUT2D eigenvalue weighted by atomic mass is 16.5. The fourth-order valence-electron chi connectivity index (χ4n) is 4.74. The molecular weight excluding hydrogens is 300 g/mol. The summed E-state index contributed by atoms with van der Waals surface area (Å²) in [5.74, 6) is 1.61. The monoisotopic (exact) mass is 336 g/mol. The fraction of sp³-hybridized carbons (Fsp3) is 0.947. The number of piperidine rings is 2. The minimum Gasteiger partial charge on any atom is -0.381 e. The predicted octanol–water partition coefficient (Wildman–Crippen LogP) is 2.46. The van der Waals surface area contributed by atoms with E-state index in [1.54, 1.807) is 0 Å². The summed E-state index contributed by atoms with van der Waals surface area (Å²) in [5.41, 5.74) is 6.60. The molecule has 3 fully saturated rings. The first kappa shape index (κ1) is 18.0. The summed E-state index contributed by atoms with van der Waals surface area (Å²) in [6, 6.07) is 0. The van der Waals surface area contributed by atoms with Crippen molar-refractivity contribution in [1.29, 1.82) is 0 Å². The van der Waals surface area contributed by atoms with E-state index in [2.05, 4.69) is 16.7 Å². The van der Waals surface area contributed by atoms with Crippen LogP contribution >= 0.6 is 0 Å². The van der Waals surface area contributed by atoms with Crippen molar-refractivity contribution in [3.05, 3.63) is 0 Å². The van der Waals surface area contributed by atoms with Crippen LogP contribution < -0.4 is 5.73 Å². The molecule has 0 amide bonds. The lowest BCUT2D eigenvalue weighted by Crippen LogP contribution is -2.54. The van der Waals surface area contributed by atoms with Crippen molar-refractivity contribution in [1.82, 2.24) is 9.80 Å². The third-order valence-electron chi connectivity index (χ3n) is 6.62. The second-order valence-electron chi connectivity index (χ2n) is 8.20. The molecule has 0 spiro atoms. The van der Waals surface area contributed by atoms with Gasteiger partial charge in [0.25, 0.3) is 0 Å². The molecule has 0 aromatic heterocycles. The van der Waals surface area contributed by atoms with E-state index in [9.17, 15) is 0 Å². The average molecular weight is 337 g/mol. The molecule has 1 aliphatic carbocycles. The van der Waals surface area contributed by atoms with E-state index in [0.29, 0.717) is 6.10 Å². The highest BCUT2D eigenvalue weighted by Crippen LogP contribution is 2.37. The largest absolute Gasteiger partial charge is 0.381 e. The summed E-state index contributed by atoms with van der Waals surface area (Å²) < 4.78 is 5.54. The molecule has 2 saturated heterocycles. The molecule has 0 radical (unpaired) electrons. The Morgan fingerprint density at radius 1 is 1.08 bits per heavy atom. The van der Waals surface area contributed by atoms with Crippen molar-refractivity contribution in [2.24, 2.45) is 16.6 Å². The van der Waals surface area contributed by atoms with E-state index in [1.807, 2.05) is 7.11 Å². The van der Waals surface area contributed by atoms with E-state index >= 15 is 0 Å². The van der Waals surface area contributed by atoms with Crippen LogP contribution in [0.3, 0.4) is 0 Å². The Morgan fingerprint density at radius 3 is 2.29 bits per heavy atom. The molecule has 5 nitrogen and oxygen atoms in total. The SMILES string of the molecule is COC1CCN(C2(CN=C(N)N3CCC(C)CC3)CCCC2)CC1. The molecule has 2 N–H and O–H groups in total. The first-order valence-electron chi connectivity index (χ1n) is 9.96. The third-order valence-corrected chi connectivity index (χ3v) is 6.62. The van der Waals surface area contributed by atoms with E-state index in [1.165, 1.54) is 38.5 Å². The summed E-state index contributed by atoms with van der Waals surface area (Å²) in [7, 11) is 1.84. The number of rotatable bonds is 4. The van der Waals surface area contributed by atoms with Crippen LogP contribution in [0.2, 0.25) is 0 Å². The minimum atomic E-state index is 0.256. The molecule has 24 heavy (non-hydrogen) atoms. The van der Waals surface area contributed by atoms with E-state index in [0.717, 1.165) is 57.4 Å². The first-order valence-corrected chi connectivity index (χ1v) is 9.96. The zero-order valence-electron chi connectivity index (χ0n) is 15.7. The van der Waals surface area contributed by atoms with Gasteiger partial charge in [0.2, 0.25) is 0 Å². The normalized spacial score (nSPS) is 27.8. The van der Waals surface area contributed by atoms with Gasteiger partial charge in [0.1, 0.15) is 0 Å². The first-order chi connectivity index (χ1) is 11.6. The minimum absolute atomic E-state index is 0.256. The van der Waals surface area contributed by atoms with E-state index in [4.69, 9.17) is 15.5 Å². The summed E-state index contributed by atoms with van der Waals surface area (Å²) >= 11 is 0. The molecule has 3 aliphatic rings. The lowest BCUT2D eigenvalue weighted by Gasteiger charge is -2.44. The van der Waals surface area contributed by atoms with Gasteiger partial charge in [-0.2, -0.15) is 0 Å². The van der Waals surface area contributed by atoms with Gasteiger partial charge in [-0.15, -0.1) is 0 Å². The number of nitrogens with zero attached hydrogens (tertiary/aromatic N) is 3. The van der Waals surface area contributed by atoms with Crippen molar-refractivity contribution >= 4 is 5.96 Å². The molecule has 3 rings (SSSR count). The molecule has 2 heterocycles. The molecule has 0 aromatic carbocycles. The Kier molecular flexibility index (Phi) is 6.03. The molecular formula is C19H36N4O. The van der Waals surface area contributed by atoms with Gasteiger partial charge in [-0.1, -0.05) is 19.8 Å². The summed E-state index contributed by atoms with van der Waals surface area (Å²) in [6.45, 7) is 7.65. The van der Waals surface area contributed by atoms with Gasteiger partial charge in [-0.3, -0.25) is 9.89 Å². The van der Waals surface area contributed by atoms with Crippen molar-refractivity contribution in [2.75, 3.05) is 39.8 Å². The van der Waals surface area contributed by atoms with Gasteiger partial charge in [0.05, 0.1) is 12.6 Å². The molecule has 0 aromatic rings. The quantitative estimate of drug-likeness (QED) is 0.633. The Labute approximate surface area is 147 Å². The van der Waals surface area contributed by atoms with Gasteiger partial charge in [0.15, 0.2) is 5.96 Å². The van der Waals surface area contributed by atoms with Crippen LogP contribution in [0.25, 0.3) is 0 Å². The fourth-order valence-corrected chi connectivity index (χ4v) is 4.74. The van der Waals surface area contributed by atoms with Gasteiger partial charge >= 0.3 is 0 Å². The van der Waals surface area contributed by atoms with E-state index < -0.39 is 0 Å². The van der Waals surface area contributed by atoms with Crippen molar-refractivity contribution in [3.8, 4) is 0 Å². The van der Waals surface area contributed by atoms with Gasteiger partial charge < -0.3 is 15.4 Å². The highest BCUT2D eigenvalue weighted by molar-refractivity contribution is 5.78. The molecule has 138 valence electrons. The summed E-state index contributed by atoms with van der Waals surface area (Å²) in [6.07, 6.45) is 10.5. The molecule has 0 bridgehead atoms. The van der Waals surface area contributed by atoms with Crippen LogP contribution in [0, 0.1) is 5.92 Å². The van der Waals surface area contributed by atoms with Crippen LogP contribution in [0.5, 0.6) is 0 Å². The number of ether oxygens (including phenoxy) is 1. The van der Waals surface area contributed by atoms with Gasteiger partial charge in [-0.25, -0.2) is 0 Å². The second-order valence-corrected chi connectivity index (χ2v) is 8.20. The molecule has 0 atom stereocenters. The van der Waals surface area contributed by atoms with Crippen molar-refractivity contribution < 1.29 is 4.74 Å². The number of hydrogen-bond donors (Lipinski definition) is 1. The maximum atomic E-state index is 6.34. The lowest BCUT2D eigenvalue weighted by atomic mass is 9.91. The average Bonchev–Trinajstić information content (AvgIpc) is 3.10. The molecule has 2 aliphatic heterocycles. The highest BCUT2D eigenvalue weighted by Gasteiger charge is 2.41. The number of methoxy groups -OCH3 is 1. The second kappa shape index (κ2) is 8.05. The van der Waals surface area contributed by atoms with Crippen LogP contribution in [0.15, 0.2) is 4.99 Å². The maximum absolute atomic E-state index is 6.34. The Balaban J connectivity index is 1.60. The smallest absolute Gasteiger partial charge is 0.191 e. The summed E-state index contributed by atoms with van der Waals surface area (Å²) in [5, 5.41) is 0. The Bertz CT molecular complexity index is 417. The van der Waals surface area contributed by atoms with Gasteiger partial charge in [0, 0.05) is 38.8 Å². The zero-order chi connectivity index (χ0) is 17.0. The van der Waals surface area contributed by atoms with Crippen LogP contribution in [-0.4, -0.2) is 67.2 Å². The van der Waals surface area contributed by atoms with Crippen LogP contribution in [0.1, 0.15) is 58.3 Å². The lowest BCUT2D eigenvalue weighted by molar-refractivity contribution is -0.000122. The predicted molar refractivity (Wildman–Crippen MR) is 99.3 cm³/mol. The summed E-state index contributed by atoms with van der Waals surface area (Å²) in [4.78, 5) is 9.88. The van der Waals surface area contributed by atoms with E-state index in [-0.39, 0.29) is 5.54 Å². The Hall–Kier alpha value is -0.810. The third kappa shape index (κ3) is 4.05. The number of guanidine groups is 1. The number of likely N-dealkylation sites (tertiary alicyclic amines) is 2. The van der Waals surface area contributed by atoms with Crippen LogP contribution in [0.4, 0.5) is 0 Å². The van der Waals surface area contributed by atoms with Crippen molar-refractivity contribution in [3.63, 3.8) is 0 Å². The molecule has 1 saturated carbocycles. The maximum Gasteiger partial charge on any atom is 0.191 e. The number of aliphatic imine (C=N–C) groups is 1. The standard InChI is InChI=1S/C19H36N4O/c1-16-5-11-22(12-6-16)18(20)21-15-19(9-3-4-10-19)23-13-7-17(24-2)8-14-23/h16-17H,3-15H2,1-2H3,(H2,20,21).